The molecule has 2 aromatic rings. The standard InChI is InChI=1S/C16H13FO2/c1-11-7-8-12(10-15(11)17)9-14(16(18)19)13-5-3-2-4-6-13/h2-10H,1H3,(H,18,19). The van der Waals surface area contributed by atoms with Crippen LogP contribution in [-0.2, 0) is 4.79 Å². The fourth-order valence-electron chi connectivity index (χ4n) is 1.75. The molecule has 0 radical (unpaired) electrons. The molecule has 0 amide bonds. The molecule has 0 unspecified atom stereocenters. The van der Waals surface area contributed by atoms with Crippen LogP contribution in [0.5, 0.6) is 0 Å². The summed E-state index contributed by atoms with van der Waals surface area (Å²) < 4.78 is 13.5. The van der Waals surface area contributed by atoms with E-state index >= 15 is 0 Å². The van der Waals surface area contributed by atoms with E-state index in [0.29, 0.717) is 16.7 Å². The zero-order chi connectivity index (χ0) is 13.8. The fourth-order valence-corrected chi connectivity index (χ4v) is 1.75. The Morgan fingerprint density at radius 1 is 1.16 bits per heavy atom. The van der Waals surface area contributed by atoms with Crippen LogP contribution in [0.1, 0.15) is 16.7 Å². The van der Waals surface area contributed by atoms with Gasteiger partial charge in [0.05, 0.1) is 5.57 Å². The van der Waals surface area contributed by atoms with Gasteiger partial charge in [-0.25, -0.2) is 9.18 Å². The summed E-state index contributed by atoms with van der Waals surface area (Å²) >= 11 is 0. The number of aliphatic carboxylic acids is 1. The van der Waals surface area contributed by atoms with Crippen molar-refractivity contribution in [3.8, 4) is 0 Å². The highest BCUT2D eigenvalue weighted by molar-refractivity contribution is 6.20. The van der Waals surface area contributed by atoms with E-state index in [1.165, 1.54) is 12.1 Å². The van der Waals surface area contributed by atoms with Crippen LogP contribution in [0, 0.1) is 12.7 Å². The lowest BCUT2D eigenvalue weighted by molar-refractivity contribution is -0.130. The molecule has 19 heavy (non-hydrogen) atoms. The number of hydrogen-bond donors (Lipinski definition) is 1. The first-order chi connectivity index (χ1) is 9.08. The van der Waals surface area contributed by atoms with Crippen molar-refractivity contribution in [2.45, 2.75) is 6.92 Å². The van der Waals surface area contributed by atoms with E-state index in [2.05, 4.69) is 0 Å². The molecule has 0 fully saturated rings. The summed E-state index contributed by atoms with van der Waals surface area (Å²) in [6.07, 6.45) is 1.47. The van der Waals surface area contributed by atoms with E-state index < -0.39 is 5.97 Å². The second-order valence-electron chi connectivity index (χ2n) is 4.24. The van der Waals surface area contributed by atoms with Gasteiger partial charge in [-0.3, -0.25) is 0 Å². The summed E-state index contributed by atoms with van der Waals surface area (Å²) in [6, 6.07) is 13.4. The molecule has 2 rings (SSSR count). The number of benzene rings is 2. The number of hydrogen-bond acceptors (Lipinski definition) is 1. The van der Waals surface area contributed by atoms with Gasteiger partial charge in [0.1, 0.15) is 5.82 Å². The van der Waals surface area contributed by atoms with Crippen LogP contribution in [0.4, 0.5) is 4.39 Å². The van der Waals surface area contributed by atoms with Gasteiger partial charge in [0.2, 0.25) is 0 Å². The topological polar surface area (TPSA) is 37.3 Å². The molecule has 2 nitrogen and oxygen atoms in total. The van der Waals surface area contributed by atoms with Gasteiger partial charge in [-0.05, 0) is 35.8 Å². The maximum Gasteiger partial charge on any atom is 0.336 e. The minimum Gasteiger partial charge on any atom is -0.478 e. The number of rotatable bonds is 3. The number of halogens is 1. The molecule has 0 aromatic heterocycles. The van der Waals surface area contributed by atoms with Crippen molar-refractivity contribution in [1.29, 1.82) is 0 Å². The van der Waals surface area contributed by atoms with Crippen LogP contribution in [0.3, 0.4) is 0 Å². The molecule has 0 aliphatic carbocycles. The number of carboxylic acid groups (broad SMARTS) is 1. The van der Waals surface area contributed by atoms with Gasteiger partial charge < -0.3 is 5.11 Å². The first-order valence-corrected chi connectivity index (χ1v) is 5.84. The second-order valence-corrected chi connectivity index (χ2v) is 4.24. The van der Waals surface area contributed by atoms with Gasteiger partial charge in [0, 0.05) is 0 Å². The van der Waals surface area contributed by atoms with Crippen LogP contribution in [0.25, 0.3) is 11.6 Å². The number of carboxylic acids is 1. The molecule has 0 saturated carbocycles. The van der Waals surface area contributed by atoms with E-state index in [1.807, 2.05) is 6.07 Å². The van der Waals surface area contributed by atoms with Gasteiger partial charge >= 0.3 is 5.97 Å². The normalized spacial score (nSPS) is 11.4. The average molecular weight is 256 g/mol. The van der Waals surface area contributed by atoms with Crippen molar-refractivity contribution < 1.29 is 14.3 Å². The molecule has 0 aliphatic heterocycles. The molecule has 2 aromatic carbocycles. The summed E-state index contributed by atoms with van der Waals surface area (Å²) in [7, 11) is 0. The van der Waals surface area contributed by atoms with Crippen LogP contribution >= 0.6 is 0 Å². The summed E-state index contributed by atoms with van der Waals surface area (Å²) in [4.78, 5) is 11.3. The van der Waals surface area contributed by atoms with Gasteiger partial charge in [-0.2, -0.15) is 0 Å². The third-order valence-corrected chi connectivity index (χ3v) is 2.82. The van der Waals surface area contributed by atoms with Crippen molar-refractivity contribution in [3.63, 3.8) is 0 Å². The Kier molecular flexibility index (Phi) is 3.76. The number of aryl methyl sites for hydroxylation is 1. The smallest absolute Gasteiger partial charge is 0.336 e. The van der Waals surface area contributed by atoms with Crippen molar-refractivity contribution >= 4 is 17.6 Å². The highest BCUT2D eigenvalue weighted by Crippen LogP contribution is 2.19. The SMILES string of the molecule is Cc1ccc(C=C(C(=O)O)c2ccccc2)cc1F. The molecule has 0 saturated heterocycles. The summed E-state index contributed by atoms with van der Waals surface area (Å²) in [5, 5.41) is 9.25. The van der Waals surface area contributed by atoms with Crippen LogP contribution in [0.2, 0.25) is 0 Å². The fraction of sp³-hybridized carbons (Fsp3) is 0.0625. The van der Waals surface area contributed by atoms with Gasteiger partial charge in [0.25, 0.3) is 0 Å². The van der Waals surface area contributed by atoms with Crippen LogP contribution in [0.15, 0.2) is 48.5 Å². The minimum absolute atomic E-state index is 0.142. The zero-order valence-corrected chi connectivity index (χ0v) is 10.4. The summed E-state index contributed by atoms with van der Waals surface area (Å²) in [6.45, 7) is 1.66. The Labute approximate surface area is 110 Å². The number of carbonyl (C=O) groups is 1. The molecule has 0 spiro atoms. The first kappa shape index (κ1) is 13.0. The molecule has 3 heteroatoms. The van der Waals surface area contributed by atoms with Gasteiger partial charge in [-0.1, -0.05) is 42.5 Å². The monoisotopic (exact) mass is 256 g/mol. The molecule has 0 aliphatic rings. The second kappa shape index (κ2) is 5.48. The Hall–Kier alpha value is -2.42. The van der Waals surface area contributed by atoms with Crippen molar-refractivity contribution in [1.82, 2.24) is 0 Å². The maximum atomic E-state index is 13.5. The van der Waals surface area contributed by atoms with Crippen molar-refractivity contribution in [2.75, 3.05) is 0 Å². The maximum absolute atomic E-state index is 13.5. The quantitative estimate of drug-likeness (QED) is 0.670. The van der Waals surface area contributed by atoms with E-state index in [1.54, 1.807) is 43.3 Å². The van der Waals surface area contributed by atoms with Gasteiger partial charge in [0.15, 0.2) is 0 Å². The Morgan fingerprint density at radius 3 is 2.42 bits per heavy atom. The third-order valence-electron chi connectivity index (χ3n) is 2.82. The molecular formula is C16H13FO2. The molecule has 96 valence electrons. The highest BCUT2D eigenvalue weighted by atomic mass is 19.1. The lowest BCUT2D eigenvalue weighted by atomic mass is 10.0. The summed E-state index contributed by atoms with van der Waals surface area (Å²) in [5.74, 6) is -1.38. The van der Waals surface area contributed by atoms with E-state index in [9.17, 15) is 14.3 Å². The Bertz CT molecular complexity index is 630. The largest absolute Gasteiger partial charge is 0.478 e. The summed E-state index contributed by atoms with van der Waals surface area (Å²) in [5.41, 5.74) is 1.80. The molecular weight excluding hydrogens is 243 g/mol. The Morgan fingerprint density at radius 2 is 1.84 bits per heavy atom. The van der Waals surface area contributed by atoms with Crippen molar-refractivity contribution in [3.05, 3.63) is 71.0 Å². The molecule has 0 bridgehead atoms. The van der Waals surface area contributed by atoms with Crippen LogP contribution < -0.4 is 0 Å². The molecule has 0 heterocycles. The zero-order valence-electron chi connectivity index (χ0n) is 10.4. The molecule has 0 atom stereocenters. The van der Waals surface area contributed by atoms with Gasteiger partial charge in [-0.15, -0.1) is 0 Å². The van der Waals surface area contributed by atoms with E-state index in [-0.39, 0.29) is 11.4 Å². The lowest BCUT2D eigenvalue weighted by Gasteiger charge is -2.04. The van der Waals surface area contributed by atoms with E-state index in [4.69, 9.17) is 0 Å². The minimum atomic E-state index is -1.04. The average Bonchev–Trinajstić information content (AvgIpc) is 2.40. The van der Waals surface area contributed by atoms with E-state index in [0.717, 1.165) is 0 Å². The molecule has 1 N–H and O–H groups in total. The predicted octanol–water partition coefficient (Wildman–Crippen LogP) is 3.76. The van der Waals surface area contributed by atoms with Crippen molar-refractivity contribution in [2.24, 2.45) is 0 Å². The van der Waals surface area contributed by atoms with Crippen LogP contribution in [-0.4, -0.2) is 11.1 Å². The lowest BCUT2D eigenvalue weighted by Crippen LogP contribution is -1.99. The Balaban J connectivity index is 2.47. The first-order valence-electron chi connectivity index (χ1n) is 5.84. The predicted molar refractivity (Wildman–Crippen MR) is 73.1 cm³/mol. The highest BCUT2D eigenvalue weighted by Gasteiger charge is 2.10. The third kappa shape index (κ3) is 3.07.